The molecule has 0 aromatic carbocycles. The van der Waals surface area contributed by atoms with Gasteiger partial charge in [-0.1, -0.05) is 0 Å². The largest absolute Gasteiger partial charge is 0.480 e. The molecule has 18 heavy (non-hydrogen) atoms. The number of hydrogen-bond donors (Lipinski definition) is 2. The number of aromatic nitrogens is 2. The first-order chi connectivity index (χ1) is 8.72. The molecule has 0 aliphatic rings. The first-order valence-corrected chi connectivity index (χ1v) is 5.20. The summed E-state index contributed by atoms with van der Waals surface area (Å²) < 4.78 is 5.00. The number of anilines is 1. The topological polar surface area (TPSA) is 84.1 Å². The molecule has 2 aromatic rings. The molecule has 0 atom stereocenters. The number of aromatic amines is 1. The Kier molecular flexibility index (Phi) is 3.38. The van der Waals surface area contributed by atoms with Crippen LogP contribution in [0.1, 0.15) is 10.4 Å². The van der Waals surface area contributed by atoms with Gasteiger partial charge in [0, 0.05) is 12.4 Å². The highest BCUT2D eigenvalue weighted by atomic mass is 16.5. The molecular weight excluding hydrogens is 234 g/mol. The van der Waals surface area contributed by atoms with Gasteiger partial charge in [-0.05, 0) is 24.3 Å². The fourth-order valence-electron chi connectivity index (χ4n) is 1.44. The molecule has 0 saturated heterocycles. The van der Waals surface area contributed by atoms with E-state index >= 15 is 0 Å². The standard InChI is InChI=1S/C12H11N3O3/c1-18-12-9(5-3-7-14-12)15-11(17)8-4-2-6-13-10(8)16/h2-7H,1H3,(H,13,16)(H,15,17). The Labute approximate surface area is 103 Å². The number of hydrogen-bond acceptors (Lipinski definition) is 4. The maximum absolute atomic E-state index is 11.9. The minimum absolute atomic E-state index is 0.0309. The second-order valence-electron chi connectivity index (χ2n) is 3.43. The van der Waals surface area contributed by atoms with Gasteiger partial charge in [0.15, 0.2) is 0 Å². The lowest BCUT2D eigenvalue weighted by Crippen LogP contribution is -2.22. The number of methoxy groups -OCH3 is 1. The van der Waals surface area contributed by atoms with E-state index in [-0.39, 0.29) is 5.56 Å². The molecule has 0 unspecified atom stereocenters. The van der Waals surface area contributed by atoms with Crippen LogP contribution in [0, 0.1) is 0 Å². The first kappa shape index (κ1) is 11.8. The van der Waals surface area contributed by atoms with Crippen molar-refractivity contribution in [1.29, 1.82) is 0 Å². The highest BCUT2D eigenvalue weighted by Crippen LogP contribution is 2.19. The molecule has 0 spiro atoms. The van der Waals surface area contributed by atoms with Gasteiger partial charge in [-0.3, -0.25) is 9.59 Å². The molecule has 2 aromatic heterocycles. The van der Waals surface area contributed by atoms with Crippen LogP contribution in [0.2, 0.25) is 0 Å². The first-order valence-electron chi connectivity index (χ1n) is 5.20. The normalized spacial score (nSPS) is 9.83. The second-order valence-corrected chi connectivity index (χ2v) is 3.43. The number of amides is 1. The monoisotopic (exact) mass is 245 g/mol. The second kappa shape index (κ2) is 5.13. The predicted octanol–water partition coefficient (Wildman–Crippen LogP) is 1.03. The fourth-order valence-corrected chi connectivity index (χ4v) is 1.44. The van der Waals surface area contributed by atoms with E-state index in [4.69, 9.17) is 4.74 Å². The number of H-pyrrole nitrogens is 1. The van der Waals surface area contributed by atoms with Crippen molar-refractivity contribution in [2.24, 2.45) is 0 Å². The van der Waals surface area contributed by atoms with Gasteiger partial charge in [0.1, 0.15) is 11.3 Å². The lowest BCUT2D eigenvalue weighted by molar-refractivity contribution is 0.102. The van der Waals surface area contributed by atoms with E-state index < -0.39 is 11.5 Å². The number of nitrogens with one attached hydrogen (secondary N) is 2. The van der Waals surface area contributed by atoms with E-state index in [9.17, 15) is 9.59 Å². The average Bonchev–Trinajstić information content (AvgIpc) is 2.39. The smallest absolute Gasteiger partial charge is 0.261 e. The highest BCUT2D eigenvalue weighted by Gasteiger charge is 2.12. The zero-order chi connectivity index (χ0) is 13.0. The fraction of sp³-hybridized carbons (Fsp3) is 0.0833. The van der Waals surface area contributed by atoms with Crippen molar-refractivity contribution < 1.29 is 9.53 Å². The molecule has 6 nitrogen and oxygen atoms in total. The summed E-state index contributed by atoms with van der Waals surface area (Å²) in [6, 6.07) is 6.32. The van der Waals surface area contributed by atoms with Gasteiger partial charge in [-0.2, -0.15) is 0 Å². The summed E-state index contributed by atoms with van der Waals surface area (Å²) in [5.41, 5.74) is -0.00508. The lowest BCUT2D eigenvalue weighted by atomic mass is 10.2. The molecule has 1 amide bonds. The minimum atomic E-state index is -0.511. The van der Waals surface area contributed by atoms with Crippen LogP contribution in [0.15, 0.2) is 41.5 Å². The van der Waals surface area contributed by atoms with Crippen LogP contribution in [0.5, 0.6) is 5.88 Å². The van der Waals surface area contributed by atoms with Gasteiger partial charge >= 0.3 is 0 Å². The maximum atomic E-state index is 11.9. The Morgan fingerprint density at radius 3 is 2.94 bits per heavy atom. The zero-order valence-corrected chi connectivity index (χ0v) is 9.64. The number of carbonyl (C=O) groups is 1. The third-order valence-corrected chi connectivity index (χ3v) is 2.28. The Balaban J connectivity index is 2.27. The maximum Gasteiger partial charge on any atom is 0.261 e. The van der Waals surface area contributed by atoms with Gasteiger partial charge in [0.2, 0.25) is 5.88 Å². The predicted molar refractivity (Wildman–Crippen MR) is 65.8 cm³/mol. The van der Waals surface area contributed by atoms with E-state index in [1.807, 2.05) is 0 Å². The van der Waals surface area contributed by atoms with Crippen molar-refractivity contribution in [2.75, 3.05) is 12.4 Å². The summed E-state index contributed by atoms with van der Waals surface area (Å²) in [7, 11) is 1.45. The molecule has 6 heteroatoms. The molecule has 2 N–H and O–H groups in total. The van der Waals surface area contributed by atoms with E-state index in [0.29, 0.717) is 11.6 Å². The van der Waals surface area contributed by atoms with Crippen LogP contribution >= 0.6 is 0 Å². The molecule has 0 saturated carbocycles. The summed E-state index contributed by atoms with van der Waals surface area (Å²) >= 11 is 0. The van der Waals surface area contributed by atoms with Crippen LogP contribution in [-0.4, -0.2) is 23.0 Å². The molecule has 2 rings (SSSR count). The van der Waals surface area contributed by atoms with E-state index in [1.165, 1.54) is 19.4 Å². The zero-order valence-electron chi connectivity index (χ0n) is 9.64. The molecule has 0 aliphatic carbocycles. The molecule has 0 bridgehead atoms. The van der Waals surface area contributed by atoms with E-state index in [0.717, 1.165) is 0 Å². The Hall–Kier alpha value is -2.63. The van der Waals surface area contributed by atoms with Crippen LogP contribution in [0.25, 0.3) is 0 Å². The Morgan fingerprint density at radius 1 is 1.39 bits per heavy atom. The van der Waals surface area contributed by atoms with Crippen LogP contribution < -0.4 is 15.6 Å². The van der Waals surface area contributed by atoms with E-state index in [2.05, 4.69) is 15.3 Å². The molecule has 2 heterocycles. The van der Waals surface area contributed by atoms with Gasteiger partial charge in [0.25, 0.3) is 11.5 Å². The minimum Gasteiger partial charge on any atom is -0.480 e. The van der Waals surface area contributed by atoms with Crippen molar-refractivity contribution in [3.8, 4) is 5.88 Å². The van der Waals surface area contributed by atoms with Crippen molar-refractivity contribution in [3.63, 3.8) is 0 Å². The van der Waals surface area contributed by atoms with Crippen LogP contribution in [0.3, 0.4) is 0 Å². The average molecular weight is 245 g/mol. The van der Waals surface area contributed by atoms with Gasteiger partial charge in [-0.15, -0.1) is 0 Å². The summed E-state index contributed by atoms with van der Waals surface area (Å²) in [5.74, 6) is -0.221. The molecule has 0 fully saturated rings. The Bertz CT molecular complexity index is 622. The SMILES string of the molecule is COc1ncccc1NC(=O)c1ccc[nH]c1=O. The van der Waals surface area contributed by atoms with Crippen molar-refractivity contribution >= 4 is 11.6 Å². The molecular formula is C12H11N3O3. The van der Waals surface area contributed by atoms with Crippen molar-refractivity contribution in [2.45, 2.75) is 0 Å². The van der Waals surface area contributed by atoms with Crippen molar-refractivity contribution in [3.05, 3.63) is 52.6 Å². The van der Waals surface area contributed by atoms with Gasteiger partial charge in [-0.25, -0.2) is 4.98 Å². The number of nitrogens with zero attached hydrogens (tertiary/aromatic N) is 1. The molecule has 92 valence electrons. The van der Waals surface area contributed by atoms with Crippen LogP contribution in [-0.2, 0) is 0 Å². The number of ether oxygens (including phenoxy) is 1. The molecule has 0 aliphatic heterocycles. The van der Waals surface area contributed by atoms with Gasteiger partial charge < -0.3 is 15.0 Å². The molecule has 0 radical (unpaired) electrons. The summed E-state index contributed by atoms with van der Waals surface area (Å²) in [5, 5.41) is 2.57. The summed E-state index contributed by atoms with van der Waals surface area (Å²) in [6.07, 6.45) is 3.01. The third-order valence-electron chi connectivity index (χ3n) is 2.28. The van der Waals surface area contributed by atoms with Crippen molar-refractivity contribution in [1.82, 2.24) is 9.97 Å². The Morgan fingerprint density at radius 2 is 2.22 bits per heavy atom. The van der Waals surface area contributed by atoms with E-state index in [1.54, 1.807) is 24.4 Å². The number of carbonyl (C=O) groups excluding carboxylic acids is 1. The van der Waals surface area contributed by atoms with Crippen LogP contribution in [0.4, 0.5) is 5.69 Å². The lowest BCUT2D eigenvalue weighted by Gasteiger charge is -2.07. The number of rotatable bonds is 3. The third kappa shape index (κ3) is 2.37. The summed E-state index contributed by atoms with van der Waals surface area (Å²) in [4.78, 5) is 29.7. The quantitative estimate of drug-likeness (QED) is 0.845. The highest BCUT2D eigenvalue weighted by molar-refractivity contribution is 6.04. The van der Waals surface area contributed by atoms with Gasteiger partial charge in [0.05, 0.1) is 7.11 Å². The summed E-state index contributed by atoms with van der Waals surface area (Å²) in [6.45, 7) is 0. The number of pyridine rings is 2.